The lowest BCUT2D eigenvalue weighted by Gasteiger charge is -2.39. The molecule has 1 aliphatic rings. The maximum Gasteiger partial charge on any atom is 0.349 e. The van der Waals surface area contributed by atoms with Gasteiger partial charge in [0.15, 0.2) is 11.2 Å². The Hall–Kier alpha value is -3.02. The molecule has 196 valence electrons. The van der Waals surface area contributed by atoms with Gasteiger partial charge in [0.1, 0.15) is 11.5 Å². The SMILES string of the molecule is CCOC(=O)C(C)(C)Oc1ccc(C2(c3ccc(OC(C)(C)C(=O)OCC)cc3)CCCCC2)cc1. The van der Waals surface area contributed by atoms with Crippen LogP contribution in [0.15, 0.2) is 48.5 Å². The summed E-state index contributed by atoms with van der Waals surface area (Å²) in [5.41, 5.74) is 0.219. The van der Waals surface area contributed by atoms with Crippen LogP contribution in [0.2, 0.25) is 0 Å². The molecule has 6 nitrogen and oxygen atoms in total. The summed E-state index contributed by atoms with van der Waals surface area (Å²) in [4.78, 5) is 24.4. The maximum absolute atomic E-state index is 12.2. The van der Waals surface area contributed by atoms with Crippen LogP contribution in [0.25, 0.3) is 0 Å². The minimum Gasteiger partial charge on any atom is -0.476 e. The molecule has 0 spiro atoms. The summed E-state index contributed by atoms with van der Waals surface area (Å²) in [5, 5.41) is 0. The van der Waals surface area contributed by atoms with E-state index in [1.807, 2.05) is 24.3 Å². The number of rotatable bonds is 10. The van der Waals surface area contributed by atoms with Crippen LogP contribution in [0.5, 0.6) is 11.5 Å². The smallest absolute Gasteiger partial charge is 0.349 e. The van der Waals surface area contributed by atoms with Gasteiger partial charge < -0.3 is 18.9 Å². The predicted octanol–water partition coefficient (Wildman–Crippen LogP) is 6.38. The average Bonchev–Trinajstić information content (AvgIpc) is 2.85. The second-order valence-corrected chi connectivity index (χ2v) is 10.4. The Morgan fingerprint density at radius 2 is 1.03 bits per heavy atom. The molecular weight excluding hydrogens is 456 g/mol. The Bertz CT molecular complexity index is 937. The van der Waals surface area contributed by atoms with Crippen molar-refractivity contribution in [3.05, 3.63) is 59.7 Å². The molecule has 0 bridgehead atoms. The highest BCUT2D eigenvalue weighted by molar-refractivity contribution is 5.79. The summed E-state index contributed by atoms with van der Waals surface area (Å²) in [6.45, 7) is 11.1. The first-order chi connectivity index (χ1) is 17.0. The van der Waals surface area contributed by atoms with E-state index in [-0.39, 0.29) is 17.4 Å². The molecule has 1 aliphatic carbocycles. The molecule has 0 unspecified atom stereocenters. The van der Waals surface area contributed by atoms with Crippen LogP contribution in [0.1, 0.15) is 84.8 Å². The van der Waals surface area contributed by atoms with Crippen molar-refractivity contribution < 1.29 is 28.5 Å². The second-order valence-electron chi connectivity index (χ2n) is 10.4. The first kappa shape index (κ1) is 27.6. The second kappa shape index (κ2) is 11.4. The molecule has 3 rings (SSSR count). The largest absolute Gasteiger partial charge is 0.476 e. The number of carbonyl (C=O) groups is 2. The van der Waals surface area contributed by atoms with E-state index in [0.29, 0.717) is 24.7 Å². The van der Waals surface area contributed by atoms with Gasteiger partial charge in [-0.05, 0) is 89.8 Å². The maximum atomic E-state index is 12.2. The average molecular weight is 497 g/mol. The highest BCUT2D eigenvalue weighted by atomic mass is 16.6. The molecule has 6 heteroatoms. The van der Waals surface area contributed by atoms with E-state index >= 15 is 0 Å². The molecule has 0 radical (unpaired) electrons. The van der Waals surface area contributed by atoms with E-state index in [4.69, 9.17) is 18.9 Å². The molecule has 0 aromatic heterocycles. The Morgan fingerprint density at radius 1 is 0.667 bits per heavy atom. The highest BCUT2D eigenvalue weighted by Crippen LogP contribution is 2.45. The summed E-state index contributed by atoms with van der Waals surface area (Å²) in [7, 11) is 0. The summed E-state index contributed by atoms with van der Waals surface area (Å²) in [5.74, 6) is 0.498. The third-order valence-electron chi connectivity index (χ3n) is 6.80. The fourth-order valence-corrected chi connectivity index (χ4v) is 4.87. The molecule has 36 heavy (non-hydrogen) atoms. The van der Waals surface area contributed by atoms with Crippen molar-refractivity contribution in [2.24, 2.45) is 0 Å². The van der Waals surface area contributed by atoms with Gasteiger partial charge in [0.05, 0.1) is 13.2 Å². The van der Waals surface area contributed by atoms with Crippen LogP contribution < -0.4 is 9.47 Å². The van der Waals surface area contributed by atoms with Crippen LogP contribution >= 0.6 is 0 Å². The third kappa shape index (κ3) is 6.21. The number of carbonyl (C=O) groups excluding carboxylic acids is 2. The standard InChI is InChI=1S/C30H40O6/c1-7-33-26(31)28(3,4)35-24-16-12-22(13-17-24)30(20-10-9-11-21-30)23-14-18-25(19-15-23)36-29(5,6)27(32)34-8-2/h12-19H,7-11,20-21H2,1-6H3. The third-order valence-corrected chi connectivity index (χ3v) is 6.80. The Morgan fingerprint density at radius 3 is 1.36 bits per heavy atom. The molecule has 1 saturated carbocycles. The van der Waals surface area contributed by atoms with E-state index in [1.54, 1.807) is 41.5 Å². The zero-order chi connectivity index (χ0) is 26.4. The molecule has 0 heterocycles. The van der Waals surface area contributed by atoms with E-state index in [9.17, 15) is 9.59 Å². The van der Waals surface area contributed by atoms with Gasteiger partial charge in [-0.3, -0.25) is 0 Å². The zero-order valence-corrected chi connectivity index (χ0v) is 22.5. The summed E-state index contributed by atoms with van der Waals surface area (Å²) < 4.78 is 22.2. The fraction of sp³-hybridized carbons (Fsp3) is 0.533. The molecule has 0 aliphatic heterocycles. The molecule has 0 amide bonds. The topological polar surface area (TPSA) is 71.1 Å². The number of benzene rings is 2. The van der Waals surface area contributed by atoms with E-state index in [2.05, 4.69) is 24.3 Å². The molecular formula is C30H40O6. The van der Waals surface area contributed by atoms with Crippen molar-refractivity contribution in [1.82, 2.24) is 0 Å². The van der Waals surface area contributed by atoms with Gasteiger partial charge in [0.2, 0.25) is 0 Å². The Balaban J connectivity index is 1.83. The van der Waals surface area contributed by atoms with E-state index in [1.165, 1.54) is 17.5 Å². The summed E-state index contributed by atoms with van der Waals surface area (Å²) in [6.07, 6.45) is 5.64. The van der Waals surface area contributed by atoms with Gasteiger partial charge in [-0.15, -0.1) is 0 Å². The lowest BCUT2D eigenvalue weighted by Crippen LogP contribution is -2.39. The zero-order valence-electron chi connectivity index (χ0n) is 22.5. The van der Waals surface area contributed by atoms with Gasteiger partial charge in [-0.1, -0.05) is 43.5 Å². The quantitative estimate of drug-likeness (QED) is 0.356. The van der Waals surface area contributed by atoms with Crippen molar-refractivity contribution in [3.63, 3.8) is 0 Å². The van der Waals surface area contributed by atoms with Gasteiger partial charge in [-0.2, -0.15) is 0 Å². The molecule has 2 aromatic carbocycles. The van der Waals surface area contributed by atoms with Crippen LogP contribution in [0, 0.1) is 0 Å². The first-order valence-electron chi connectivity index (χ1n) is 13.0. The summed E-state index contributed by atoms with van der Waals surface area (Å²) in [6, 6.07) is 16.2. The van der Waals surface area contributed by atoms with Crippen molar-refractivity contribution in [2.75, 3.05) is 13.2 Å². The molecule has 2 aromatic rings. The lowest BCUT2D eigenvalue weighted by atomic mass is 9.65. The van der Waals surface area contributed by atoms with Crippen LogP contribution in [-0.2, 0) is 24.5 Å². The first-order valence-corrected chi connectivity index (χ1v) is 13.0. The fourth-order valence-electron chi connectivity index (χ4n) is 4.87. The monoisotopic (exact) mass is 496 g/mol. The normalized spacial score (nSPS) is 15.6. The van der Waals surface area contributed by atoms with Crippen molar-refractivity contribution in [1.29, 1.82) is 0 Å². The number of ether oxygens (including phenoxy) is 4. The van der Waals surface area contributed by atoms with Crippen LogP contribution in [0.3, 0.4) is 0 Å². The van der Waals surface area contributed by atoms with Gasteiger partial charge >= 0.3 is 11.9 Å². The number of hydrogen-bond acceptors (Lipinski definition) is 6. The summed E-state index contributed by atoms with van der Waals surface area (Å²) >= 11 is 0. The molecule has 1 fully saturated rings. The minimum atomic E-state index is -1.06. The van der Waals surface area contributed by atoms with Gasteiger partial charge in [0.25, 0.3) is 0 Å². The van der Waals surface area contributed by atoms with Crippen molar-refractivity contribution in [2.45, 2.75) is 90.3 Å². The minimum absolute atomic E-state index is 0.109. The van der Waals surface area contributed by atoms with Crippen molar-refractivity contribution >= 4 is 11.9 Å². The van der Waals surface area contributed by atoms with Crippen molar-refractivity contribution in [3.8, 4) is 11.5 Å². The molecule has 0 saturated heterocycles. The lowest BCUT2D eigenvalue weighted by molar-refractivity contribution is -0.159. The van der Waals surface area contributed by atoms with E-state index in [0.717, 1.165) is 25.7 Å². The Kier molecular flexibility index (Phi) is 8.70. The number of hydrogen-bond donors (Lipinski definition) is 0. The Labute approximate surface area is 215 Å². The highest BCUT2D eigenvalue weighted by Gasteiger charge is 2.37. The molecule has 0 atom stereocenters. The van der Waals surface area contributed by atoms with Gasteiger partial charge in [-0.25, -0.2) is 9.59 Å². The number of esters is 2. The van der Waals surface area contributed by atoms with Crippen LogP contribution in [-0.4, -0.2) is 36.4 Å². The predicted molar refractivity (Wildman–Crippen MR) is 139 cm³/mol. The van der Waals surface area contributed by atoms with E-state index < -0.39 is 11.2 Å². The molecule has 0 N–H and O–H groups in total. The van der Waals surface area contributed by atoms with Crippen LogP contribution in [0.4, 0.5) is 0 Å². The van der Waals surface area contributed by atoms with Gasteiger partial charge in [0, 0.05) is 5.41 Å².